The Bertz CT molecular complexity index is 881. The van der Waals surface area contributed by atoms with Gasteiger partial charge in [-0.05, 0) is 75.5 Å². The van der Waals surface area contributed by atoms with Gasteiger partial charge in [-0.15, -0.1) is 0 Å². The molecule has 1 aromatic rings. The Labute approximate surface area is 166 Å². The molecule has 7 aliphatic rings. The van der Waals surface area contributed by atoms with E-state index in [2.05, 4.69) is 24.0 Å². The van der Waals surface area contributed by atoms with Crippen molar-refractivity contribution in [2.75, 3.05) is 19.7 Å². The van der Waals surface area contributed by atoms with E-state index in [-0.39, 0.29) is 29.5 Å². The van der Waals surface area contributed by atoms with Crippen LogP contribution in [0.4, 0.5) is 0 Å². The summed E-state index contributed by atoms with van der Waals surface area (Å²) in [5.41, 5.74) is 3.34. The second kappa shape index (κ2) is 4.96. The summed E-state index contributed by atoms with van der Waals surface area (Å²) in [6.07, 6.45) is 7.64. The van der Waals surface area contributed by atoms with E-state index in [1.54, 1.807) is 0 Å². The van der Waals surface area contributed by atoms with E-state index in [0.717, 1.165) is 50.3 Å². The molecule has 2 N–H and O–H groups in total. The maximum absolute atomic E-state index is 11.9. The van der Waals surface area contributed by atoms with Gasteiger partial charge in [0.25, 0.3) is 0 Å². The van der Waals surface area contributed by atoms with Gasteiger partial charge in [0, 0.05) is 41.5 Å². The van der Waals surface area contributed by atoms with Gasteiger partial charge in [0.05, 0.1) is 0 Å². The van der Waals surface area contributed by atoms with Crippen molar-refractivity contribution in [1.82, 2.24) is 4.90 Å². The second-order valence-corrected chi connectivity index (χ2v) is 10.9. The molecule has 1 saturated heterocycles. The molecule has 4 nitrogen and oxygen atoms in total. The number of aliphatic hydroxyl groups is 2. The molecular weight excluding hydrogens is 350 g/mol. The highest BCUT2D eigenvalue weighted by atomic mass is 16.5. The summed E-state index contributed by atoms with van der Waals surface area (Å²) in [6.45, 7) is 4.61. The number of piperidine rings is 1. The Morgan fingerprint density at radius 1 is 1.21 bits per heavy atom. The first-order valence-electron chi connectivity index (χ1n) is 11.4. The molecule has 28 heavy (non-hydrogen) atoms. The molecule has 2 heterocycles. The lowest BCUT2D eigenvalue weighted by Crippen LogP contribution is -2.81. The van der Waals surface area contributed by atoms with Crippen LogP contribution in [0.1, 0.15) is 55.2 Å². The Kier molecular flexibility index (Phi) is 2.95. The SMILES string of the molecule is Cc1ccc2c3c1O[C@H]1[C@@]4(O)CC[C@@]5(C[C@@H]4CO)[C@@H](C2)N(CC2CC2)CC[C@]315. The number of ether oxygens (including phenoxy) is 1. The number of likely N-dealkylation sites (tertiary alicyclic amines) is 1. The maximum Gasteiger partial charge on any atom is 0.138 e. The van der Waals surface area contributed by atoms with Gasteiger partial charge in [0.1, 0.15) is 17.5 Å². The van der Waals surface area contributed by atoms with E-state index >= 15 is 0 Å². The first-order chi connectivity index (χ1) is 13.5. The topological polar surface area (TPSA) is 52.9 Å². The van der Waals surface area contributed by atoms with Gasteiger partial charge in [-0.3, -0.25) is 4.90 Å². The van der Waals surface area contributed by atoms with Crippen LogP contribution < -0.4 is 4.74 Å². The van der Waals surface area contributed by atoms with Crippen molar-refractivity contribution in [1.29, 1.82) is 0 Å². The first-order valence-corrected chi connectivity index (χ1v) is 11.4. The summed E-state index contributed by atoms with van der Waals surface area (Å²) in [7, 11) is 0. The zero-order valence-electron chi connectivity index (χ0n) is 16.8. The molecule has 5 aliphatic carbocycles. The minimum absolute atomic E-state index is 0.0503. The molecule has 6 atom stereocenters. The number of nitrogens with zero attached hydrogens (tertiary/aromatic N) is 1. The second-order valence-electron chi connectivity index (χ2n) is 10.9. The lowest BCUT2D eigenvalue weighted by Gasteiger charge is -2.73. The molecule has 4 bridgehead atoms. The van der Waals surface area contributed by atoms with Gasteiger partial charge in [-0.25, -0.2) is 0 Å². The summed E-state index contributed by atoms with van der Waals surface area (Å²) in [5.74, 6) is 1.91. The quantitative estimate of drug-likeness (QED) is 0.845. The standard InChI is InChI=1S/C24H31NO3/c1-14-2-5-16-10-18-22-6-7-24(27,17(11-22)13-26)21-23(22,19(16)20(14)28-21)8-9-25(18)12-15-3-4-15/h2,5,15,17-18,21,26-27H,3-4,6-13H2,1H3/t17-,18-,21-,22-,23+,24-/m1/s1. The highest BCUT2D eigenvalue weighted by Crippen LogP contribution is 2.75. The summed E-state index contributed by atoms with van der Waals surface area (Å²) in [4.78, 5) is 2.81. The first kappa shape index (κ1) is 16.7. The van der Waals surface area contributed by atoms with Crippen LogP contribution in [0.3, 0.4) is 0 Å². The van der Waals surface area contributed by atoms with Crippen LogP contribution in [0.5, 0.6) is 5.75 Å². The fraction of sp³-hybridized carbons (Fsp3) is 0.750. The molecule has 0 unspecified atom stereocenters. The number of hydrogen-bond acceptors (Lipinski definition) is 4. The molecule has 0 aromatic heterocycles. The van der Waals surface area contributed by atoms with Gasteiger partial charge < -0.3 is 14.9 Å². The smallest absolute Gasteiger partial charge is 0.138 e. The van der Waals surface area contributed by atoms with Gasteiger partial charge in [-0.2, -0.15) is 0 Å². The van der Waals surface area contributed by atoms with Gasteiger partial charge >= 0.3 is 0 Å². The minimum Gasteiger partial charge on any atom is -0.486 e. The molecule has 2 spiro atoms. The monoisotopic (exact) mass is 381 g/mol. The van der Waals surface area contributed by atoms with Crippen molar-refractivity contribution < 1.29 is 14.9 Å². The Morgan fingerprint density at radius 2 is 2.07 bits per heavy atom. The average molecular weight is 382 g/mol. The van der Waals surface area contributed by atoms with Crippen LogP contribution in [0.15, 0.2) is 12.1 Å². The van der Waals surface area contributed by atoms with Crippen LogP contribution in [0.2, 0.25) is 0 Å². The molecule has 4 heteroatoms. The van der Waals surface area contributed by atoms with Gasteiger partial charge in [0.15, 0.2) is 0 Å². The zero-order chi connectivity index (χ0) is 18.9. The molecular formula is C24H31NO3. The van der Waals surface area contributed by atoms with E-state index in [0.29, 0.717) is 6.04 Å². The van der Waals surface area contributed by atoms with E-state index < -0.39 is 5.60 Å². The van der Waals surface area contributed by atoms with Crippen molar-refractivity contribution in [2.24, 2.45) is 17.3 Å². The van der Waals surface area contributed by atoms with Crippen LogP contribution in [0.25, 0.3) is 0 Å². The molecule has 2 aliphatic heterocycles. The van der Waals surface area contributed by atoms with Crippen LogP contribution in [-0.2, 0) is 11.8 Å². The molecule has 4 saturated carbocycles. The summed E-state index contributed by atoms with van der Waals surface area (Å²) >= 11 is 0. The van der Waals surface area contributed by atoms with E-state index in [4.69, 9.17) is 4.74 Å². The Hall–Kier alpha value is -1.10. The number of rotatable bonds is 3. The van der Waals surface area contributed by atoms with Crippen molar-refractivity contribution in [3.63, 3.8) is 0 Å². The Balaban J connectivity index is 1.49. The molecule has 1 aromatic carbocycles. The fourth-order valence-corrected chi connectivity index (χ4v) is 8.56. The van der Waals surface area contributed by atoms with Crippen LogP contribution in [-0.4, -0.2) is 52.6 Å². The number of hydrogen-bond donors (Lipinski definition) is 2. The van der Waals surface area contributed by atoms with E-state index in [1.807, 2.05) is 0 Å². The third kappa shape index (κ3) is 1.61. The average Bonchev–Trinajstić information content (AvgIpc) is 3.43. The normalized spacial score (nSPS) is 47.8. The van der Waals surface area contributed by atoms with Crippen LogP contribution in [0, 0.1) is 24.2 Å². The van der Waals surface area contributed by atoms with Crippen LogP contribution >= 0.6 is 0 Å². The maximum atomic E-state index is 11.9. The highest BCUT2D eigenvalue weighted by molar-refractivity contribution is 5.61. The Morgan fingerprint density at radius 3 is 2.86 bits per heavy atom. The number of benzene rings is 1. The lowest BCUT2D eigenvalue weighted by atomic mass is 9.35. The predicted octanol–water partition coefficient (Wildman–Crippen LogP) is 2.56. The van der Waals surface area contributed by atoms with Crippen molar-refractivity contribution in [3.8, 4) is 5.75 Å². The third-order valence-corrected chi connectivity index (χ3v) is 9.90. The van der Waals surface area contributed by atoms with E-state index in [1.165, 1.54) is 36.1 Å². The molecule has 0 amide bonds. The summed E-state index contributed by atoms with van der Waals surface area (Å²) < 4.78 is 6.72. The van der Waals surface area contributed by atoms with Crippen molar-refractivity contribution >= 4 is 0 Å². The molecule has 150 valence electrons. The third-order valence-electron chi connectivity index (χ3n) is 9.90. The highest BCUT2D eigenvalue weighted by Gasteiger charge is 2.79. The zero-order valence-corrected chi connectivity index (χ0v) is 16.8. The largest absolute Gasteiger partial charge is 0.486 e. The van der Waals surface area contributed by atoms with Gasteiger partial charge in [-0.1, -0.05) is 12.1 Å². The molecule has 8 rings (SSSR count). The van der Waals surface area contributed by atoms with Crippen molar-refractivity contribution in [3.05, 3.63) is 28.8 Å². The predicted molar refractivity (Wildman–Crippen MR) is 105 cm³/mol. The van der Waals surface area contributed by atoms with Gasteiger partial charge in [0.2, 0.25) is 0 Å². The summed E-state index contributed by atoms with van der Waals surface area (Å²) in [6, 6.07) is 5.10. The summed E-state index contributed by atoms with van der Waals surface area (Å²) in [5, 5.41) is 22.1. The fourth-order valence-electron chi connectivity index (χ4n) is 8.56. The van der Waals surface area contributed by atoms with Crippen molar-refractivity contribution in [2.45, 2.75) is 75.0 Å². The number of aliphatic hydroxyl groups excluding tert-OH is 1. The molecule has 0 radical (unpaired) electrons. The number of fused-ring (bicyclic) bond motifs is 2. The lowest BCUT2D eigenvalue weighted by molar-refractivity contribution is -0.272. The minimum atomic E-state index is -0.889. The molecule has 5 fully saturated rings. The van der Waals surface area contributed by atoms with E-state index in [9.17, 15) is 10.2 Å². The number of aryl methyl sites for hydroxylation is 1.